The van der Waals surface area contributed by atoms with Crippen molar-refractivity contribution in [1.29, 1.82) is 0 Å². The quantitative estimate of drug-likeness (QED) is 0.785. The molecule has 1 heterocycles. The standard InChI is InChI=1S/C15H17N3O3/c1-21-13-6-4-11(5-7-13)14(10-19)18-15(20)17-12-3-2-8-16-9-12/h2-9,14,19H,10H2,1H3,(H2,17,18,20)/t14-/m0/s1. The van der Waals surface area contributed by atoms with Gasteiger partial charge in [0.1, 0.15) is 5.75 Å². The molecule has 0 radical (unpaired) electrons. The van der Waals surface area contributed by atoms with Crippen molar-refractivity contribution in [1.82, 2.24) is 10.3 Å². The summed E-state index contributed by atoms with van der Waals surface area (Å²) >= 11 is 0. The Morgan fingerprint density at radius 3 is 2.67 bits per heavy atom. The summed E-state index contributed by atoms with van der Waals surface area (Å²) in [7, 11) is 1.58. The number of rotatable bonds is 5. The van der Waals surface area contributed by atoms with Crippen LogP contribution in [0.4, 0.5) is 10.5 Å². The van der Waals surface area contributed by atoms with Crippen molar-refractivity contribution in [2.45, 2.75) is 6.04 Å². The minimum Gasteiger partial charge on any atom is -0.497 e. The van der Waals surface area contributed by atoms with Crippen molar-refractivity contribution < 1.29 is 14.6 Å². The molecule has 3 N–H and O–H groups in total. The van der Waals surface area contributed by atoms with Gasteiger partial charge in [-0.3, -0.25) is 4.98 Å². The van der Waals surface area contributed by atoms with E-state index in [4.69, 9.17) is 4.74 Å². The average molecular weight is 287 g/mol. The number of pyridine rings is 1. The highest BCUT2D eigenvalue weighted by atomic mass is 16.5. The normalized spacial score (nSPS) is 11.5. The maximum Gasteiger partial charge on any atom is 0.319 e. The van der Waals surface area contributed by atoms with Crippen molar-refractivity contribution in [3.05, 3.63) is 54.4 Å². The Kier molecular flexibility index (Phi) is 5.11. The summed E-state index contributed by atoms with van der Waals surface area (Å²) in [5.74, 6) is 0.718. The Hall–Kier alpha value is -2.60. The van der Waals surface area contributed by atoms with Gasteiger partial charge >= 0.3 is 6.03 Å². The number of aliphatic hydroxyl groups is 1. The second kappa shape index (κ2) is 7.25. The Morgan fingerprint density at radius 1 is 1.33 bits per heavy atom. The number of hydrogen-bond donors (Lipinski definition) is 3. The zero-order valence-electron chi connectivity index (χ0n) is 11.6. The fraction of sp³-hybridized carbons (Fsp3) is 0.200. The van der Waals surface area contributed by atoms with E-state index in [0.29, 0.717) is 5.69 Å². The average Bonchev–Trinajstić information content (AvgIpc) is 2.53. The summed E-state index contributed by atoms with van der Waals surface area (Å²) in [6.45, 7) is -0.202. The van der Waals surface area contributed by atoms with Crippen LogP contribution in [0.3, 0.4) is 0 Å². The third-order valence-electron chi connectivity index (χ3n) is 2.93. The van der Waals surface area contributed by atoms with Crippen LogP contribution in [0.25, 0.3) is 0 Å². The molecule has 0 spiro atoms. The number of benzene rings is 1. The van der Waals surface area contributed by atoms with Crippen molar-refractivity contribution in [3.63, 3.8) is 0 Å². The molecule has 2 rings (SSSR count). The predicted molar refractivity (Wildman–Crippen MR) is 79.2 cm³/mol. The molecule has 1 aromatic heterocycles. The fourth-order valence-corrected chi connectivity index (χ4v) is 1.83. The number of ether oxygens (including phenoxy) is 1. The molecule has 0 unspecified atom stereocenters. The fourth-order valence-electron chi connectivity index (χ4n) is 1.83. The first-order valence-electron chi connectivity index (χ1n) is 6.45. The van der Waals surface area contributed by atoms with Gasteiger partial charge in [-0.25, -0.2) is 4.79 Å². The molecule has 6 heteroatoms. The van der Waals surface area contributed by atoms with Crippen LogP contribution in [0.15, 0.2) is 48.8 Å². The number of aromatic nitrogens is 1. The van der Waals surface area contributed by atoms with Crippen LogP contribution < -0.4 is 15.4 Å². The van der Waals surface area contributed by atoms with Gasteiger partial charge in [0.2, 0.25) is 0 Å². The second-order valence-corrected chi connectivity index (χ2v) is 4.35. The highest BCUT2D eigenvalue weighted by Gasteiger charge is 2.13. The van der Waals surface area contributed by atoms with E-state index >= 15 is 0 Å². The topological polar surface area (TPSA) is 83.5 Å². The lowest BCUT2D eigenvalue weighted by atomic mass is 10.1. The van der Waals surface area contributed by atoms with Crippen LogP contribution in [-0.4, -0.2) is 29.8 Å². The first-order chi connectivity index (χ1) is 10.2. The van der Waals surface area contributed by atoms with Crippen molar-refractivity contribution >= 4 is 11.7 Å². The van der Waals surface area contributed by atoms with Gasteiger partial charge in [0, 0.05) is 6.20 Å². The minimum absolute atomic E-state index is 0.202. The lowest BCUT2D eigenvalue weighted by Gasteiger charge is -2.17. The number of carbonyl (C=O) groups excluding carboxylic acids is 1. The van der Waals surface area contributed by atoms with Gasteiger partial charge in [-0.15, -0.1) is 0 Å². The van der Waals surface area contributed by atoms with E-state index in [1.165, 1.54) is 0 Å². The highest BCUT2D eigenvalue weighted by Crippen LogP contribution is 2.17. The monoisotopic (exact) mass is 287 g/mol. The molecule has 0 aliphatic carbocycles. The number of amides is 2. The number of nitrogens with zero attached hydrogens (tertiary/aromatic N) is 1. The molecule has 0 bridgehead atoms. The Bertz CT molecular complexity index is 572. The molecule has 0 aliphatic rings. The van der Waals surface area contributed by atoms with Gasteiger partial charge in [-0.05, 0) is 29.8 Å². The molecule has 110 valence electrons. The molecule has 0 fully saturated rings. The van der Waals surface area contributed by atoms with E-state index in [1.54, 1.807) is 55.9 Å². The number of aliphatic hydroxyl groups excluding tert-OH is 1. The highest BCUT2D eigenvalue weighted by molar-refractivity contribution is 5.89. The molecular weight excluding hydrogens is 270 g/mol. The van der Waals surface area contributed by atoms with Gasteiger partial charge in [0.05, 0.1) is 31.6 Å². The molecule has 1 aromatic carbocycles. The van der Waals surface area contributed by atoms with E-state index in [1.807, 2.05) is 0 Å². The summed E-state index contributed by atoms with van der Waals surface area (Å²) in [5, 5.41) is 14.8. The first kappa shape index (κ1) is 14.8. The van der Waals surface area contributed by atoms with Gasteiger partial charge in [-0.1, -0.05) is 12.1 Å². The molecule has 2 aromatic rings. The number of methoxy groups -OCH3 is 1. The van der Waals surface area contributed by atoms with Crippen LogP contribution in [0, 0.1) is 0 Å². The van der Waals surface area contributed by atoms with Gasteiger partial charge in [0.15, 0.2) is 0 Å². The summed E-state index contributed by atoms with van der Waals surface area (Å²) in [5.41, 5.74) is 1.38. The van der Waals surface area contributed by atoms with E-state index in [-0.39, 0.29) is 6.61 Å². The molecule has 0 saturated heterocycles. The smallest absolute Gasteiger partial charge is 0.319 e. The third-order valence-corrected chi connectivity index (χ3v) is 2.93. The summed E-state index contributed by atoms with van der Waals surface area (Å²) in [4.78, 5) is 15.8. The minimum atomic E-state index is -0.493. The number of carbonyl (C=O) groups is 1. The van der Waals surface area contributed by atoms with Crippen molar-refractivity contribution in [2.24, 2.45) is 0 Å². The SMILES string of the molecule is COc1ccc([C@H](CO)NC(=O)Nc2cccnc2)cc1. The van der Waals surface area contributed by atoms with Gasteiger partial charge < -0.3 is 20.5 Å². The molecule has 6 nitrogen and oxygen atoms in total. The lowest BCUT2D eigenvalue weighted by Crippen LogP contribution is -2.34. The molecule has 0 saturated carbocycles. The van der Waals surface area contributed by atoms with E-state index in [0.717, 1.165) is 11.3 Å². The van der Waals surface area contributed by atoms with Crippen LogP contribution in [0.2, 0.25) is 0 Å². The third kappa shape index (κ3) is 4.19. The van der Waals surface area contributed by atoms with E-state index in [9.17, 15) is 9.90 Å². The van der Waals surface area contributed by atoms with Crippen molar-refractivity contribution in [2.75, 3.05) is 19.0 Å². The summed E-state index contributed by atoms with van der Waals surface area (Å²) in [6.07, 6.45) is 3.16. The van der Waals surface area contributed by atoms with Gasteiger partial charge in [-0.2, -0.15) is 0 Å². The predicted octanol–water partition coefficient (Wildman–Crippen LogP) is 1.95. The Morgan fingerprint density at radius 2 is 2.10 bits per heavy atom. The molecule has 2 amide bonds. The van der Waals surface area contributed by atoms with E-state index in [2.05, 4.69) is 15.6 Å². The van der Waals surface area contributed by atoms with Crippen LogP contribution in [0.5, 0.6) is 5.75 Å². The van der Waals surface area contributed by atoms with Crippen LogP contribution in [-0.2, 0) is 0 Å². The zero-order valence-corrected chi connectivity index (χ0v) is 11.6. The van der Waals surface area contributed by atoms with Crippen LogP contribution in [0.1, 0.15) is 11.6 Å². The molecule has 1 atom stereocenters. The maximum atomic E-state index is 11.9. The molecule has 0 aliphatic heterocycles. The molecule has 21 heavy (non-hydrogen) atoms. The largest absolute Gasteiger partial charge is 0.497 e. The van der Waals surface area contributed by atoms with Gasteiger partial charge in [0.25, 0.3) is 0 Å². The summed E-state index contributed by atoms with van der Waals surface area (Å²) < 4.78 is 5.07. The lowest BCUT2D eigenvalue weighted by molar-refractivity contribution is 0.225. The number of anilines is 1. The van der Waals surface area contributed by atoms with Crippen LogP contribution >= 0.6 is 0 Å². The number of nitrogens with one attached hydrogen (secondary N) is 2. The first-order valence-corrected chi connectivity index (χ1v) is 6.45. The Labute approximate surface area is 122 Å². The molecular formula is C15H17N3O3. The van der Waals surface area contributed by atoms with E-state index < -0.39 is 12.1 Å². The Balaban J connectivity index is 1.99. The van der Waals surface area contributed by atoms with Crippen molar-refractivity contribution in [3.8, 4) is 5.75 Å². The second-order valence-electron chi connectivity index (χ2n) is 4.35. The number of hydrogen-bond acceptors (Lipinski definition) is 4. The zero-order chi connectivity index (χ0) is 15.1. The summed E-state index contributed by atoms with van der Waals surface area (Å²) in [6, 6.07) is 9.70. The number of urea groups is 1. The maximum absolute atomic E-state index is 11.9.